The van der Waals surface area contributed by atoms with Gasteiger partial charge in [0.05, 0.1) is 21.6 Å². The fourth-order valence-electron chi connectivity index (χ4n) is 3.52. The fraction of sp³-hybridized carbons (Fsp3) is 0.381. The molecule has 0 aliphatic carbocycles. The predicted molar refractivity (Wildman–Crippen MR) is 116 cm³/mol. The maximum atomic E-state index is 13.6. The van der Waals surface area contributed by atoms with Gasteiger partial charge in [-0.05, 0) is 29.8 Å². The minimum Gasteiger partial charge on any atom is -0.435 e. The van der Waals surface area contributed by atoms with Gasteiger partial charge in [0.1, 0.15) is 5.82 Å². The maximum Gasteiger partial charge on any atom is 0.426 e. The molecule has 1 fully saturated rings. The molecule has 6 nitrogen and oxygen atoms in total. The first-order valence-corrected chi connectivity index (χ1v) is 12.3. The van der Waals surface area contributed by atoms with E-state index in [0.29, 0.717) is 6.07 Å². The zero-order valence-corrected chi connectivity index (χ0v) is 19.6. The molecule has 15 heteroatoms. The Hall–Kier alpha value is -2.58. The SMILES string of the molecule is O=C(Nc1ccc(Cl)c(F)c1)OC(CN1CCS(=O)(=O)C(c2cccc(C(F)(F)F)c2)C1)C(F)(F)F. The van der Waals surface area contributed by atoms with Crippen LogP contribution in [0.15, 0.2) is 42.5 Å². The third-order valence-electron chi connectivity index (χ3n) is 5.34. The maximum absolute atomic E-state index is 13.6. The fourth-order valence-corrected chi connectivity index (χ4v) is 5.44. The number of alkyl halides is 6. The molecule has 1 aliphatic heterocycles. The lowest BCUT2D eigenvalue weighted by Gasteiger charge is -2.35. The van der Waals surface area contributed by atoms with Gasteiger partial charge in [0.2, 0.25) is 6.10 Å². The van der Waals surface area contributed by atoms with Gasteiger partial charge in [-0.2, -0.15) is 26.3 Å². The van der Waals surface area contributed by atoms with E-state index in [4.69, 9.17) is 11.6 Å². The van der Waals surface area contributed by atoms with Gasteiger partial charge in [-0.15, -0.1) is 0 Å². The molecule has 0 bridgehead atoms. The number of nitrogens with zero attached hydrogens (tertiary/aromatic N) is 1. The number of amides is 1. The average Bonchev–Trinajstić information content (AvgIpc) is 2.75. The van der Waals surface area contributed by atoms with Crippen molar-refractivity contribution in [1.82, 2.24) is 4.90 Å². The van der Waals surface area contributed by atoms with Gasteiger partial charge >= 0.3 is 18.4 Å². The van der Waals surface area contributed by atoms with Gasteiger partial charge in [-0.3, -0.25) is 10.2 Å². The third kappa shape index (κ3) is 7.01. The number of carbonyl (C=O) groups excluding carboxylic acids is 1. The molecule has 0 aromatic heterocycles. The molecule has 2 aromatic rings. The van der Waals surface area contributed by atoms with Crippen molar-refractivity contribution in [3.63, 3.8) is 0 Å². The first-order chi connectivity index (χ1) is 16.6. The summed E-state index contributed by atoms with van der Waals surface area (Å²) in [6.45, 7) is -1.89. The van der Waals surface area contributed by atoms with Crippen LogP contribution in [0.4, 0.5) is 41.2 Å². The van der Waals surface area contributed by atoms with Crippen LogP contribution in [-0.4, -0.2) is 57.1 Å². The summed E-state index contributed by atoms with van der Waals surface area (Å²) in [5.74, 6) is -1.55. The van der Waals surface area contributed by atoms with Crippen LogP contribution in [0.3, 0.4) is 0 Å². The summed E-state index contributed by atoms with van der Waals surface area (Å²) in [6.07, 6.45) is -14.1. The largest absolute Gasteiger partial charge is 0.435 e. The molecule has 36 heavy (non-hydrogen) atoms. The number of carbonyl (C=O) groups is 1. The van der Waals surface area contributed by atoms with Gasteiger partial charge in [0.25, 0.3) is 0 Å². The summed E-state index contributed by atoms with van der Waals surface area (Å²) in [5.41, 5.74) is -1.54. The van der Waals surface area contributed by atoms with Crippen molar-refractivity contribution in [1.29, 1.82) is 0 Å². The van der Waals surface area contributed by atoms with Crippen LogP contribution < -0.4 is 5.32 Å². The number of rotatable bonds is 5. The summed E-state index contributed by atoms with van der Waals surface area (Å²) in [6, 6.07) is 6.51. The van der Waals surface area contributed by atoms with Crippen LogP contribution in [0.25, 0.3) is 0 Å². The van der Waals surface area contributed by atoms with E-state index in [1.165, 1.54) is 0 Å². The van der Waals surface area contributed by atoms with Crippen molar-refractivity contribution in [3.8, 4) is 0 Å². The minimum atomic E-state index is -5.06. The molecule has 0 radical (unpaired) electrons. The number of anilines is 1. The van der Waals surface area contributed by atoms with Crippen LogP contribution in [0.5, 0.6) is 0 Å². The first kappa shape index (κ1) is 28.0. The van der Waals surface area contributed by atoms with E-state index in [0.717, 1.165) is 41.3 Å². The van der Waals surface area contributed by atoms with Crippen LogP contribution in [0.1, 0.15) is 16.4 Å². The second-order valence-corrected chi connectivity index (χ2v) is 10.6. The van der Waals surface area contributed by atoms with Crippen LogP contribution in [-0.2, 0) is 20.8 Å². The molecule has 2 aromatic carbocycles. The highest BCUT2D eigenvalue weighted by molar-refractivity contribution is 7.91. The smallest absolute Gasteiger partial charge is 0.426 e. The van der Waals surface area contributed by atoms with Crippen molar-refractivity contribution < 1.29 is 48.7 Å². The highest BCUT2D eigenvalue weighted by Gasteiger charge is 2.46. The Morgan fingerprint density at radius 3 is 2.44 bits per heavy atom. The molecule has 3 rings (SSSR count). The Labute approximate surface area is 205 Å². The molecule has 1 heterocycles. The molecule has 0 saturated carbocycles. The molecule has 0 spiro atoms. The quantitative estimate of drug-likeness (QED) is 0.491. The highest BCUT2D eigenvalue weighted by Crippen LogP contribution is 2.35. The van der Waals surface area contributed by atoms with E-state index in [2.05, 4.69) is 4.74 Å². The number of ether oxygens (including phenoxy) is 1. The predicted octanol–water partition coefficient (Wildman–Crippen LogP) is 5.45. The van der Waals surface area contributed by atoms with Gasteiger partial charge in [0, 0.05) is 25.3 Å². The zero-order valence-electron chi connectivity index (χ0n) is 18.0. The summed E-state index contributed by atoms with van der Waals surface area (Å²) in [5, 5.41) is 0.137. The van der Waals surface area contributed by atoms with E-state index in [-0.39, 0.29) is 22.8 Å². The zero-order chi connectivity index (χ0) is 26.9. The molecule has 1 N–H and O–H groups in total. The first-order valence-electron chi connectivity index (χ1n) is 10.2. The molecule has 1 aliphatic rings. The molecule has 1 saturated heterocycles. The molecule has 2 unspecified atom stereocenters. The highest BCUT2D eigenvalue weighted by atomic mass is 35.5. The third-order valence-corrected chi connectivity index (χ3v) is 7.69. The van der Waals surface area contributed by atoms with E-state index in [9.17, 15) is 43.9 Å². The molecular formula is C21H18ClF7N2O4S. The average molecular weight is 563 g/mol. The topological polar surface area (TPSA) is 75.7 Å². The normalized spacial score (nSPS) is 19.5. The van der Waals surface area contributed by atoms with E-state index in [1.807, 2.05) is 5.32 Å². The summed E-state index contributed by atoms with van der Waals surface area (Å²) >= 11 is 5.51. The number of hydrogen-bond acceptors (Lipinski definition) is 5. The number of hydrogen-bond donors (Lipinski definition) is 1. The Morgan fingerprint density at radius 1 is 1.14 bits per heavy atom. The van der Waals surface area contributed by atoms with Gasteiger partial charge in [0.15, 0.2) is 9.84 Å². The second kappa shape index (κ2) is 10.4. The number of nitrogens with one attached hydrogen (secondary N) is 1. The number of sulfone groups is 1. The van der Waals surface area contributed by atoms with Crippen LogP contribution >= 0.6 is 11.6 Å². The van der Waals surface area contributed by atoms with E-state index >= 15 is 0 Å². The second-order valence-electron chi connectivity index (χ2n) is 7.93. The van der Waals surface area contributed by atoms with Crippen molar-refractivity contribution in [3.05, 3.63) is 64.4 Å². The Balaban J connectivity index is 1.75. The van der Waals surface area contributed by atoms with Crippen LogP contribution in [0, 0.1) is 5.82 Å². The van der Waals surface area contributed by atoms with Gasteiger partial charge < -0.3 is 4.74 Å². The number of benzene rings is 2. The molecular weight excluding hydrogens is 545 g/mol. The van der Waals surface area contributed by atoms with E-state index in [1.54, 1.807) is 0 Å². The van der Waals surface area contributed by atoms with Crippen molar-refractivity contribution >= 4 is 33.2 Å². The molecule has 1 amide bonds. The standard InChI is InChI=1S/C21H18ClF7N2O4S/c22-15-5-4-14(9-16(15)23)30-19(32)35-18(21(27,28)29)11-31-6-7-36(33,34)17(10-31)12-2-1-3-13(8-12)20(24,25)26/h1-5,8-9,17-18H,6-7,10-11H2,(H,30,32). The summed E-state index contributed by atoms with van der Waals surface area (Å²) in [4.78, 5) is 13.1. The lowest BCUT2D eigenvalue weighted by atomic mass is 10.1. The Kier molecular flexibility index (Phi) is 8.10. The molecule has 2 atom stereocenters. The van der Waals surface area contributed by atoms with Gasteiger partial charge in [-0.1, -0.05) is 29.8 Å². The monoisotopic (exact) mass is 562 g/mol. The lowest BCUT2D eigenvalue weighted by Crippen LogP contribution is -2.50. The van der Waals surface area contributed by atoms with Gasteiger partial charge in [-0.25, -0.2) is 17.6 Å². The van der Waals surface area contributed by atoms with E-state index < -0.39 is 69.9 Å². The van der Waals surface area contributed by atoms with Crippen LogP contribution in [0.2, 0.25) is 5.02 Å². The number of halogens is 8. The Morgan fingerprint density at radius 2 is 1.83 bits per heavy atom. The minimum absolute atomic E-state index is 0.221. The lowest BCUT2D eigenvalue weighted by molar-refractivity contribution is -0.206. The Bertz CT molecular complexity index is 1220. The van der Waals surface area contributed by atoms with Crippen molar-refractivity contribution in [2.24, 2.45) is 0 Å². The summed E-state index contributed by atoms with van der Waals surface area (Å²) in [7, 11) is -3.97. The van der Waals surface area contributed by atoms with Crippen molar-refractivity contribution in [2.45, 2.75) is 23.7 Å². The molecule has 198 valence electrons. The summed E-state index contributed by atoms with van der Waals surface area (Å²) < 4.78 is 123. The van der Waals surface area contributed by atoms with Crippen molar-refractivity contribution in [2.75, 3.05) is 30.7 Å².